The summed E-state index contributed by atoms with van der Waals surface area (Å²) in [6, 6.07) is 55.7. The summed E-state index contributed by atoms with van der Waals surface area (Å²) in [5, 5.41) is 0. The van der Waals surface area contributed by atoms with E-state index in [4.69, 9.17) is 54.3 Å². The van der Waals surface area contributed by atoms with Crippen LogP contribution in [0.5, 0.6) is 46.3 Å². The molecule has 0 saturated carbocycles. The maximum atomic E-state index is 7.17. The van der Waals surface area contributed by atoms with Crippen molar-refractivity contribution >= 4 is 30.6 Å². The number of rotatable bonds is 4. The Hall–Kier alpha value is -7.06. The van der Waals surface area contributed by atoms with E-state index in [2.05, 4.69) is 9.97 Å². The fourth-order valence-electron chi connectivity index (χ4n) is 7.44. The number of aromatic nitrogens is 2. The Morgan fingerprint density at radius 3 is 0.844 bits per heavy atom. The van der Waals surface area contributed by atoms with Crippen molar-refractivity contribution in [2.75, 3.05) is 0 Å². The number of para-hydroxylation sites is 6. The van der Waals surface area contributed by atoms with Gasteiger partial charge in [0.2, 0.25) is 11.8 Å². The molecule has 0 fully saturated rings. The first kappa shape index (κ1) is 38.6. The van der Waals surface area contributed by atoms with E-state index in [0.717, 1.165) is 33.4 Å². The second kappa shape index (κ2) is 15.3. The molecule has 0 N–H and O–H groups in total. The SMILES string of the molecule is c1ccc(OP2(Oc3ccccn3)=NP3(=NP4(=NP5(=N2)Oc2ccccc2-c2ccccc2O5)Oc2ccccc2-c2ccccc2O4)Oc2ccccc2-c2ccccc2O3)nc1. The van der Waals surface area contributed by atoms with Gasteiger partial charge in [0.15, 0.2) is 0 Å². The zero-order chi connectivity index (χ0) is 42.6. The van der Waals surface area contributed by atoms with Crippen molar-refractivity contribution < 1.29 is 36.2 Å². The van der Waals surface area contributed by atoms with Gasteiger partial charge in [0, 0.05) is 57.9 Å². The average Bonchev–Trinajstić information content (AvgIpc) is 3.60. The number of hydrogen-bond acceptors (Lipinski definition) is 14. The first-order chi connectivity index (χ1) is 31.5. The molecule has 3 spiro atoms. The Kier molecular flexibility index (Phi) is 9.25. The summed E-state index contributed by atoms with van der Waals surface area (Å²) in [7, 11) is -17.4. The summed E-state index contributed by atoms with van der Waals surface area (Å²) in [4.78, 5) is 9.10. The molecule has 8 aromatic rings. The second-order valence-electron chi connectivity index (χ2n) is 14.4. The maximum Gasteiger partial charge on any atom is 0.463 e. The van der Waals surface area contributed by atoms with E-state index in [1.54, 1.807) is 48.8 Å². The lowest BCUT2D eigenvalue weighted by Crippen LogP contribution is -2.10. The molecule has 0 unspecified atom stereocenters. The van der Waals surface area contributed by atoms with Crippen LogP contribution >= 0.6 is 30.6 Å². The third-order valence-corrected chi connectivity index (χ3v) is 20.8. The molecule has 2 aromatic heterocycles. The predicted molar refractivity (Wildman–Crippen MR) is 247 cm³/mol. The van der Waals surface area contributed by atoms with Gasteiger partial charge in [0.1, 0.15) is 34.5 Å². The third kappa shape index (κ3) is 7.02. The van der Waals surface area contributed by atoms with Crippen molar-refractivity contribution in [1.82, 2.24) is 9.97 Å². The van der Waals surface area contributed by atoms with E-state index >= 15 is 0 Å². The van der Waals surface area contributed by atoms with E-state index in [9.17, 15) is 0 Å². The van der Waals surface area contributed by atoms with E-state index in [1.165, 1.54) is 0 Å². The largest absolute Gasteiger partial charge is 0.463 e. The molecule has 4 aliphatic heterocycles. The summed E-state index contributed by atoms with van der Waals surface area (Å²) >= 11 is 0. The molecular weight excluding hydrogens is 888 g/mol. The molecule has 4 aliphatic rings. The van der Waals surface area contributed by atoms with Crippen LogP contribution in [-0.2, 0) is 0 Å². The Morgan fingerprint density at radius 2 is 0.547 bits per heavy atom. The zero-order valence-electron chi connectivity index (χ0n) is 33.2. The summed E-state index contributed by atoms with van der Waals surface area (Å²) in [6.07, 6.45) is 3.17. The van der Waals surface area contributed by atoms with Crippen LogP contribution in [-0.4, -0.2) is 9.97 Å². The highest BCUT2D eigenvalue weighted by Crippen LogP contribution is 2.81. The highest BCUT2D eigenvalue weighted by molar-refractivity contribution is 7.79. The second-order valence-corrected chi connectivity index (χ2v) is 22.6. The van der Waals surface area contributed by atoms with Gasteiger partial charge < -0.3 is 36.2 Å². The summed E-state index contributed by atoms with van der Waals surface area (Å²) in [5.74, 6) is 2.69. The topological polar surface area (TPSA) is 149 Å². The predicted octanol–water partition coefficient (Wildman–Crippen LogP) is 15.1. The monoisotopic (exact) mass is 920 g/mol. The molecule has 0 amide bonds. The highest BCUT2D eigenvalue weighted by atomic mass is 31.3. The van der Waals surface area contributed by atoms with Gasteiger partial charge in [-0.2, -0.15) is 0 Å². The molecule has 0 saturated heterocycles. The van der Waals surface area contributed by atoms with Crippen molar-refractivity contribution in [3.05, 3.63) is 194 Å². The van der Waals surface area contributed by atoms with Gasteiger partial charge >= 0.3 is 30.6 Å². The molecule has 0 radical (unpaired) electrons. The molecule has 6 aromatic carbocycles. The van der Waals surface area contributed by atoms with Crippen LogP contribution in [0.1, 0.15) is 0 Å². The van der Waals surface area contributed by atoms with Crippen LogP contribution in [0.4, 0.5) is 0 Å². The lowest BCUT2D eigenvalue weighted by molar-refractivity contribution is 0.441. The van der Waals surface area contributed by atoms with Crippen LogP contribution in [0.3, 0.4) is 0 Å². The lowest BCUT2D eigenvalue weighted by Gasteiger charge is -2.31. The zero-order valence-corrected chi connectivity index (χ0v) is 36.8. The van der Waals surface area contributed by atoms with Crippen LogP contribution in [0.2, 0.25) is 0 Å². The van der Waals surface area contributed by atoms with Crippen molar-refractivity contribution in [3.8, 4) is 79.6 Å². The summed E-state index contributed by atoms with van der Waals surface area (Å²) in [5.41, 5.74) is 4.41. The molecule has 6 heterocycles. The summed E-state index contributed by atoms with van der Waals surface area (Å²) < 4.78 is 78.9. The van der Waals surface area contributed by atoms with Gasteiger partial charge in [-0.1, -0.05) is 139 Å². The summed E-state index contributed by atoms with van der Waals surface area (Å²) in [6.45, 7) is 0. The quantitative estimate of drug-likeness (QED) is 0.156. The smallest absolute Gasteiger partial charge is 0.413 e. The molecular formula is C46H32N6O8P4. The van der Waals surface area contributed by atoms with Crippen molar-refractivity contribution in [3.63, 3.8) is 0 Å². The molecule has 64 heavy (non-hydrogen) atoms. The van der Waals surface area contributed by atoms with E-state index in [1.807, 2.05) is 146 Å². The van der Waals surface area contributed by atoms with Gasteiger partial charge in [-0.05, 0) is 48.5 Å². The number of nitrogens with zero attached hydrogens (tertiary/aromatic N) is 6. The maximum absolute atomic E-state index is 7.17. The van der Waals surface area contributed by atoms with Gasteiger partial charge in [0.05, 0.1) is 0 Å². The van der Waals surface area contributed by atoms with Crippen LogP contribution in [0, 0.1) is 0 Å². The molecule has 0 aliphatic carbocycles. The Balaban J connectivity index is 1.26. The number of hydrogen-bond donors (Lipinski definition) is 0. The molecule has 0 bridgehead atoms. The fourth-order valence-corrected chi connectivity index (χ4v) is 19.5. The normalized spacial score (nSPS) is 16.9. The van der Waals surface area contributed by atoms with E-state index in [0.29, 0.717) is 34.5 Å². The molecule has 18 heteroatoms. The van der Waals surface area contributed by atoms with Crippen molar-refractivity contribution in [1.29, 1.82) is 0 Å². The molecule has 314 valence electrons. The van der Waals surface area contributed by atoms with E-state index < -0.39 is 30.6 Å². The van der Waals surface area contributed by atoms with E-state index in [-0.39, 0.29) is 11.8 Å². The third-order valence-electron chi connectivity index (χ3n) is 10.1. The average molecular weight is 921 g/mol. The molecule has 0 atom stereocenters. The highest BCUT2D eigenvalue weighted by Gasteiger charge is 2.52. The Morgan fingerprint density at radius 1 is 0.281 bits per heavy atom. The minimum atomic E-state index is -4.43. The molecule has 12 rings (SSSR count). The minimum Gasteiger partial charge on any atom is -0.413 e. The van der Waals surface area contributed by atoms with Crippen LogP contribution in [0.15, 0.2) is 212 Å². The van der Waals surface area contributed by atoms with Gasteiger partial charge in [-0.15, -0.1) is 0 Å². The van der Waals surface area contributed by atoms with Gasteiger partial charge in [0.25, 0.3) is 0 Å². The standard InChI is InChI=1S/C46H32N6O8P4/c1-7-23-39-33(17-1)34-18-2-8-24-40(34)54-61(53-39)49-62(55-41-25-9-3-19-35(41)36-20-4-10-26-42(36)56-62)51-64(59-45-29-13-15-31-47-45,60-46-30-14-16-32-48-46)52-63(50-61)57-43-27-11-5-21-37(43)38-22-6-12-28-44(38)58-63/h1-32H. The van der Waals surface area contributed by atoms with Crippen molar-refractivity contribution in [2.45, 2.75) is 0 Å². The number of benzene rings is 6. The van der Waals surface area contributed by atoms with Crippen molar-refractivity contribution in [2.24, 2.45) is 18.1 Å². The van der Waals surface area contributed by atoms with Crippen LogP contribution in [0.25, 0.3) is 33.4 Å². The first-order valence-corrected chi connectivity index (χ1v) is 26.1. The van der Waals surface area contributed by atoms with Crippen LogP contribution < -0.4 is 36.2 Å². The Labute approximate surface area is 367 Å². The Bertz CT molecular complexity index is 2880. The molecule has 14 nitrogen and oxygen atoms in total. The first-order valence-electron chi connectivity index (χ1n) is 19.9. The minimum absolute atomic E-state index is 0.108. The van der Waals surface area contributed by atoms with Gasteiger partial charge in [-0.3, -0.25) is 0 Å². The number of fused-ring (bicyclic) bond motifs is 9. The fraction of sp³-hybridized carbons (Fsp3) is 0. The lowest BCUT2D eigenvalue weighted by atomic mass is 10.0. The number of pyridine rings is 2. The van der Waals surface area contributed by atoms with Gasteiger partial charge in [-0.25, -0.2) is 9.97 Å².